The number of nitrogens with zero attached hydrogens (tertiary/aromatic N) is 1. The lowest BCUT2D eigenvalue weighted by molar-refractivity contribution is 0.213. The number of rotatable bonds is 4. The molecule has 5 heteroatoms. The van der Waals surface area contributed by atoms with Crippen molar-refractivity contribution in [1.29, 1.82) is 0 Å². The van der Waals surface area contributed by atoms with E-state index in [9.17, 15) is 4.79 Å². The number of amides is 2. The van der Waals surface area contributed by atoms with Gasteiger partial charge in [-0.25, -0.2) is 4.79 Å². The minimum Gasteiger partial charge on any atom is -0.497 e. The smallest absolute Gasteiger partial charge is 0.315 e. The Balaban J connectivity index is 1.71. The largest absolute Gasteiger partial charge is 0.497 e. The Kier molecular flexibility index (Phi) is 5.24. The molecule has 1 aromatic rings. The van der Waals surface area contributed by atoms with Crippen LogP contribution in [0.3, 0.4) is 0 Å². The maximum Gasteiger partial charge on any atom is 0.315 e. The van der Waals surface area contributed by atoms with Crippen LogP contribution in [-0.2, 0) is 6.54 Å². The maximum atomic E-state index is 11.8. The molecule has 1 fully saturated rings. The molecular formula is C15H23N3O2. The van der Waals surface area contributed by atoms with Gasteiger partial charge in [-0.3, -0.25) is 0 Å². The first-order valence-corrected chi connectivity index (χ1v) is 7.03. The number of nitrogens with one attached hydrogen (secondary N) is 2. The first kappa shape index (κ1) is 14.7. The molecule has 1 heterocycles. The molecule has 1 aliphatic rings. The van der Waals surface area contributed by atoms with Crippen LogP contribution < -0.4 is 15.4 Å². The summed E-state index contributed by atoms with van der Waals surface area (Å²) in [5, 5.41) is 5.92. The highest BCUT2D eigenvalue weighted by Crippen LogP contribution is 2.11. The number of ether oxygens (including phenoxy) is 1. The Morgan fingerprint density at radius 3 is 2.55 bits per heavy atom. The van der Waals surface area contributed by atoms with Gasteiger partial charge in [0.25, 0.3) is 0 Å². The number of carbonyl (C=O) groups is 1. The minimum atomic E-state index is -0.0876. The summed E-state index contributed by atoms with van der Waals surface area (Å²) in [5.74, 6) is 0.824. The van der Waals surface area contributed by atoms with Crippen molar-refractivity contribution < 1.29 is 9.53 Å². The van der Waals surface area contributed by atoms with Gasteiger partial charge in [0.2, 0.25) is 0 Å². The van der Waals surface area contributed by atoms with Gasteiger partial charge in [0.15, 0.2) is 0 Å². The zero-order valence-electron chi connectivity index (χ0n) is 12.2. The van der Waals surface area contributed by atoms with Crippen molar-refractivity contribution in [3.63, 3.8) is 0 Å². The quantitative estimate of drug-likeness (QED) is 0.878. The second-order valence-corrected chi connectivity index (χ2v) is 5.25. The van der Waals surface area contributed by atoms with Gasteiger partial charge in [-0.2, -0.15) is 0 Å². The van der Waals surface area contributed by atoms with E-state index in [0.29, 0.717) is 12.6 Å². The maximum absolute atomic E-state index is 11.8. The van der Waals surface area contributed by atoms with E-state index in [1.54, 1.807) is 7.11 Å². The van der Waals surface area contributed by atoms with Crippen molar-refractivity contribution in [1.82, 2.24) is 15.5 Å². The van der Waals surface area contributed by atoms with E-state index in [-0.39, 0.29) is 6.03 Å². The number of methoxy groups -OCH3 is 1. The van der Waals surface area contributed by atoms with Crippen molar-refractivity contribution in [2.75, 3.05) is 27.2 Å². The molecule has 0 saturated carbocycles. The summed E-state index contributed by atoms with van der Waals surface area (Å²) in [7, 11) is 3.75. The van der Waals surface area contributed by atoms with E-state index < -0.39 is 0 Å². The van der Waals surface area contributed by atoms with Crippen molar-refractivity contribution in [2.24, 2.45) is 0 Å². The van der Waals surface area contributed by atoms with Gasteiger partial charge in [-0.05, 0) is 50.7 Å². The van der Waals surface area contributed by atoms with Crippen molar-refractivity contribution in [3.05, 3.63) is 29.8 Å². The predicted octanol–water partition coefficient (Wildman–Crippen LogP) is 1.59. The summed E-state index contributed by atoms with van der Waals surface area (Å²) < 4.78 is 5.10. The van der Waals surface area contributed by atoms with Crippen LogP contribution in [0.5, 0.6) is 5.75 Å². The van der Waals surface area contributed by atoms with Crippen molar-refractivity contribution in [2.45, 2.75) is 25.4 Å². The average molecular weight is 277 g/mol. The van der Waals surface area contributed by atoms with Crippen LogP contribution >= 0.6 is 0 Å². The molecule has 0 atom stereocenters. The van der Waals surface area contributed by atoms with Gasteiger partial charge >= 0.3 is 6.03 Å². The molecule has 1 aromatic carbocycles. The third-order valence-corrected chi connectivity index (χ3v) is 3.67. The van der Waals surface area contributed by atoms with Gasteiger partial charge in [-0.1, -0.05) is 12.1 Å². The Labute approximate surface area is 120 Å². The SMILES string of the molecule is COc1ccc(CNC(=O)NC2CCN(C)CC2)cc1. The van der Waals surface area contributed by atoms with Crippen molar-refractivity contribution >= 4 is 6.03 Å². The molecule has 2 N–H and O–H groups in total. The van der Waals surface area contributed by atoms with E-state index in [1.807, 2.05) is 24.3 Å². The van der Waals surface area contributed by atoms with E-state index >= 15 is 0 Å². The van der Waals surface area contributed by atoms with Crippen LogP contribution in [0, 0.1) is 0 Å². The number of hydrogen-bond donors (Lipinski definition) is 2. The molecule has 0 aliphatic carbocycles. The molecule has 5 nitrogen and oxygen atoms in total. The monoisotopic (exact) mass is 277 g/mol. The second-order valence-electron chi connectivity index (χ2n) is 5.25. The number of benzene rings is 1. The lowest BCUT2D eigenvalue weighted by Gasteiger charge is -2.29. The van der Waals surface area contributed by atoms with Crippen LogP contribution in [0.2, 0.25) is 0 Å². The molecule has 1 saturated heterocycles. The fourth-order valence-electron chi connectivity index (χ4n) is 2.32. The van der Waals surface area contributed by atoms with Gasteiger partial charge in [0.05, 0.1) is 7.11 Å². The standard InChI is InChI=1S/C15H23N3O2/c1-18-9-7-13(8-10-18)17-15(19)16-11-12-3-5-14(20-2)6-4-12/h3-6,13H,7-11H2,1-2H3,(H2,16,17,19). The second kappa shape index (κ2) is 7.14. The predicted molar refractivity (Wildman–Crippen MR) is 78.9 cm³/mol. The summed E-state index contributed by atoms with van der Waals surface area (Å²) in [6.45, 7) is 2.62. The third-order valence-electron chi connectivity index (χ3n) is 3.67. The molecule has 0 spiro atoms. The van der Waals surface area contributed by atoms with E-state index in [0.717, 1.165) is 37.2 Å². The summed E-state index contributed by atoms with van der Waals surface area (Å²) in [4.78, 5) is 14.1. The van der Waals surface area contributed by atoms with E-state index in [2.05, 4.69) is 22.6 Å². The van der Waals surface area contributed by atoms with Gasteiger partial charge in [0, 0.05) is 12.6 Å². The Hall–Kier alpha value is -1.75. The molecule has 0 bridgehead atoms. The normalized spacial score (nSPS) is 16.7. The van der Waals surface area contributed by atoms with Gasteiger partial charge in [-0.15, -0.1) is 0 Å². The van der Waals surface area contributed by atoms with Crippen molar-refractivity contribution in [3.8, 4) is 5.75 Å². The van der Waals surface area contributed by atoms with Gasteiger partial charge < -0.3 is 20.3 Å². The fraction of sp³-hybridized carbons (Fsp3) is 0.533. The zero-order chi connectivity index (χ0) is 14.4. The van der Waals surface area contributed by atoms with E-state index in [4.69, 9.17) is 4.74 Å². The highest BCUT2D eigenvalue weighted by atomic mass is 16.5. The number of likely N-dealkylation sites (tertiary alicyclic amines) is 1. The molecule has 0 unspecified atom stereocenters. The number of carbonyl (C=O) groups excluding carboxylic acids is 1. The number of piperidine rings is 1. The Morgan fingerprint density at radius 2 is 1.95 bits per heavy atom. The Bertz CT molecular complexity index is 425. The summed E-state index contributed by atoms with van der Waals surface area (Å²) in [6.07, 6.45) is 2.04. The molecule has 2 rings (SSSR count). The first-order chi connectivity index (χ1) is 9.67. The summed E-state index contributed by atoms with van der Waals surface area (Å²) in [6, 6.07) is 7.90. The number of hydrogen-bond acceptors (Lipinski definition) is 3. The van der Waals surface area contributed by atoms with Crippen LogP contribution in [0.1, 0.15) is 18.4 Å². The average Bonchev–Trinajstić information content (AvgIpc) is 2.48. The Morgan fingerprint density at radius 1 is 1.30 bits per heavy atom. The summed E-state index contributed by atoms with van der Waals surface area (Å²) in [5.41, 5.74) is 1.06. The molecular weight excluding hydrogens is 254 g/mol. The molecule has 0 aromatic heterocycles. The lowest BCUT2D eigenvalue weighted by atomic mass is 10.1. The van der Waals surface area contributed by atoms with Crippen LogP contribution in [-0.4, -0.2) is 44.2 Å². The third kappa shape index (κ3) is 4.42. The lowest BCUT2D eigenvalue weighted by Crippen LogP contribution is -2.46. The topological polar surface area (TPSA) is 53.6 Å². The van der Waals surface area contributed by atoms with Gasteiger partial charge in [0.1, 0.15) is 5.75 Å². The first-order valence-electron chi connectivity index (χ1n) is 7.03. The molecule has 1 aliphatic heterocycles. The van der Waals surface area contributed by atoms with Crippen LogP contribution in [0.15, 0.2) is 24.3 Å². The molecule has 20 heavy (non-hydrogen) atoms. The molecule has 0 radical (unpaired) electrons. The highest BCUT2D eigenvalue weighted by Gasteiger charge is 2.17. The van der Waals surface area contributed by atoms with Crippen LogP contribution in [0.4, 0.5) is 4.79 Å². The molecule has 110 valence electrons. The van der Waals surface area contributed by atoms with E-state index in [1.165, 1.54) is 0 Å². The van der Waals surface area contributed by atoms with Crippen LogP contribution in [0.25, 0.3) is 0 Å². The highest BCUT2D eigenvalue weighted by molar-refractivity contribution is 5.74. The summed E-state index contributed by atoms with van der Waals surface area (Å²) >= 11 is 0. The number of urea groups is 1. The fourth-order valence-corrected chi connectivity index (χ4v) is 2.32. The molecule has 2 amide bonds. The zero-order valence-corrected chi connectivity index (χ0v) is 12.2. The minimum absolute atomic E-state index is 0.0876.